The first-order chi connectivity index (χ1) is 11.3. The van der Waals surface area contributed by atoms with Gasteiger partial charge in [-0.3, -0.25) is 0 Å². The third-order valence-electron chi connectivity index (χ3n) is 3.85. The summed E-state index contributed by atoms with van der Waals surface area (Å²) >= 11 is 0. The molecule has 128 valence electrons. The summed E-state index contributed by atoms with van der Waals surface area (Å²) in [4.78, 5) is 6.52. The van der Waals surface area contributed by atoms with Gasteiger partial charge in [0.25, 0.3) is 0 Å². The number of hydrogen-bond donors (Lipinski definition) is 0. The molecule has 3 rings (SSSR count). The van der Waals surface area contributed by atoms with Crippen molar-refractivity contribution in [2.24, 2.45) is 0 Å². The molecule has 1 aliphatic rings. The molecule has 0 spiro atoms. The minimum atomic E-state index is -4.61. The van der Waals surface area contributed by atoms with Gasteiger partial charge in [-0.1, -0.05) is 30.3 Å². The molecule has 0 aliphatic carbocycles. The van der Waals surface area contributed by atoms with Crippen molar-refractivity contribution in [2.75, 3.05) is 6.54 Å². The summed E-state index contributed by atoms with van der Waals surface area (Å²) in [6, 6.07) is 8.87. The molecule has 1 fully saturated rings. The molecule has 2 aromatic rings. The predicted molar refractivity (Wildman–Crippen MR) is 80.2 cm³/mol. The van der Waals surface area contributed by atoms with E-state index < -0.39 is 27.3 Å². The van der Waals surface area contributed by atoms with Crippen molar-refractivity contribution in [1.82, 2.24) is 14.3 Å². The fourth-order valence-electron chi connectivity index (χ4n) is 2.68. The van der Waals surface area contributed by atoms with Crippen LogP contribution in [0.5, 0.6) is 0 Å². The lowest BCUT2D eigenvalue weighted by Gasteiger charge is -2.17. The van der Waals surface area contributed by atoms with Gasteiger partial charge >= 0.3 is 6.18 Å². The highest BCUT2D eigenvalue weighted by Gasteiger charge is 2.40. The molecule has 2 heterocycles. The van der Waals surface area contributed by atoms with Crippen LogP contribution in [0.2, 0.25) is 0 Å². The lowest BCUT2D eigenvalue weighted by molar-refractivity contribution is -0.145. The van der Waals surface area contributed by atoms with Gasteiger partial charge in [-0.05, 0) is 12.0 Å². The van der Waals surface area contributed by atoms with Crippen LogP contribution in [0.1, 0.15) is 28.6 Å². The SMILES string of the molecule is O=S1(=O)C(c2ccccc2)CCN1Cc1cnc(C(F)(F)F)nc1. The zero-order valence-electron chi connectivity index (χ0n) is 12.4. The number of sulfonamides is 1. The summed E-state index contributed by atoms with van der Waals surface area (Å²) in [5, 5.41) is -0.630. The normalized spacial score (nSPS) is 21.0. The van der Waals surface area contributed by atoms with Gasteiger partial charge in [0.15, 0.2) is 0 Å². The molecular weight excluding hydrogens is 343 g/mol. The van der Waals surface area contributed by atoms with Crippen molar-refractivity contribution in [2.45, 2.75) is 24.4 Å². The van der Waals surface area contributed by atoms with Crippen LogP contribution in [0.25, 0.3) is 0 Å². The van der Waals surface area contributed by atoms with Crippen molar-refractivity contribution in [3.8, 4) is 0 Å². The van der Waals surface area contributed by atoms with Crippen LogP contribution in [0.4, 0.5) is 13.2 Å². The topological polar surface area (TPSA) is 63.2 Å². The van der Waals surface area contributed by atoms with Gasteiger partial charge in [-0.15, -0.1) is 0 Å². The van der Waals surface area contributed by atoms with Crippen molar-refractivity contribution < 1.29 is 21.6 Å². The Labute approximate surface area is 137 Å². The Hall–Kier alpha value is -2.00. The van der Waals surface area contributed by atoms with Gasteiger partial charge in [0.2, 0.25) is 15.8 Å². The molecular formula is C15H14F3N3O2S. The third-order valence-corrected chi connectivity index (χ3v) is 6.11. The quantitative estimate of drug-likeness (QED) is 0.847. The maximum atomic E-state index is 12.6. The van der Waals surface area contributed by atoms with Crippen LogP contribution >= 0.6 is 0 Å². The first kappa shape index (κ1) is 16.8. The number of hydrogen-bond acceptors (Lipinski definition) is 4. The molecule has 9 heteroatoms. The van der Waals surface area contributed by atoms with E-state index in [2.05, 4.69) is 9.97 Å². The Balaban J connectivity index is 1.77. The van der Waals surface area contributed by atoms with E-state index in [9.17, 15) is 21.6 Å². The number of rotatable bonds is 3. The summed E-state index contributed by atoms with van der Waals surface area (Å²) in [7, 11) is -3.56. The summed E-state index contributed by atoms with van der Waals surface area (Å²) in [6.45, 7) is 0.271. The molecule has 0 saturated carbocycles. The molecule has 0 amide bonds. The van der Waals surface area contributed by atoms with Crippen molar-refractivity contribution in [3.05, 3.63) is 59.7 Å². The molecule has 5 nitrogen and oxygen atoms in total. The number of aromatic nitrogens is 2. The first-order valence-corrected chi connectivity index (χ1v) is 8.71. The molecule has 1 aromatic heterocycles. The van der Waals surface area contributed by atoms with E-state index in [1.807, 2.05) is 6.07 Å². The summed E-state index contributed by atoms with van der Waals surface area (Å²) < 4.78 is 63.9. The number of halogens is 3. The molecule has 0 N–H and O–H groups in total. The molecule has 1 aromatic carbocycles. The minimum Gasteiger partial charge on any atom is -0.233 e. The Morgan fingerprint density at radius 3 is 2.33 bits per heavy atom. The van der Waals surface area contributed by atoms with Crippen LogP contribution in [0.3, 0.4) is 0 Å². The first-order valence-electron chi connectivity index (χ1n) is 7.20. The zero-order valence-corrected chi connectivity index (χ0v) is 13.3. The summed E-state index contributed by atoms with van der Waals surface area (Å²) in [5.74, 6) is -1.24. The molecule has 1 atom stereocenters. The standard InChI is InChI=1S/C15H14F3N3O2S/c16-15(17,18)14-19-8-11(9-20-14)10-21-7-6-13(24(21,22)23)12-4-2-1-3-5-12/h1-5,8-9,13H,6-7,10H2. The molecule has 24 heavy (non-hydrogen) atoms. The van der Waals surface area contributed by atoms with Crippen LogP contribution in [0.15, 0.2) is 42.7 Å². The van der Waals surface area contributed by atoms with E-state index in [-0.39, 0.29) is 6.54 Å². The summed E-state index contributed by atoms with van der Waals surface area (Å²) in [6.07, 6.45) is -2.15. The van der Waals surface area contributed by atoms with Gasteiger partial charge in [0, 0.05) is 31.0 Å². The van der Waals surface area contributed by atoms with E-state index in [1.165, 1.54) is 4.31 Å². The lowest BCUT2D eigenvalue weighted by atomic mass is 10.1. The smallest absolute Gasteiger partial charge is 0.233 e. The van der Waals surface area contributed by atoms with Crippen molar-refractivity contribution in [3.63, 3.8) is 0 Å². The largest absolute Gasteiger partial charge is 0.451 e. The van der Waals surface area contributed by atoms with Crippen LogP contribution in [-0.4, -0.2) is 29.2 Å². The van der Waals surface area contributed by atoms with E-state index >= 15 is 0 Å². The Kier molecular flexibility index (Phi) is 4.31. The Morgan fingerprint density at radius 2 is 1.75 bits per heavy atom. The van der Waals surface area contributed by atoms with E-state index in [1.54, 1.807) is 24.3 Å². The molecule has 0 radical (unpaired) electrons. The zero-order chi connectivity index (χ0) is 17.4. The van der Waals surface area contributed by atoms with Crippen LogP contribution in [0, 0.1) is 0 Å². The van der Waals surface area contributed by atoms with Gasteiger partial charge < -0.3 is 0 Å². The van der Waals surface area contributed by atoms with Gasteiger partial charge in [-0.25, -0.2) is 18.4 Å². The highest BCUT2D eigenvalue weighted by atomic mass is 32.2. The Bertz CT molecular complexity index is 808. The molecule has 1 saturated heterocycles. The van der Waals surface area contributed by atoms with E-state index in [0.29, 0.717) is 24.1 Å². The highest BCUT2D eigenvalue weighted by molar-refractivity contribution is 7.89. The average molecular weight is 357 g/mol. The van der Waals surface area contributed by atoms with Gasteiger partial charge in [-0.2, -0.15) is 17.5 Å². The lowest BCUT2D eigenvalue weighted by Crippen LogP contribution is -2.26. The van der Waals surface area contributed by atoms with Crippen molar-refractivity contribution in [1.29, 1.82) is 0 Å². The van der Waals surface area contributed by atoms with Crippen LogP contribution < -0.4 is 0 Å². The Morgan fingerprint density at radius 1 is 1.12 bits per heavy atom. The molecule has 0 bridgehead atoms. The van der Waals surface area contributed by atoms with E-state index in [0.717, 1.165) is 12.4 Å². The maximum Gasteiger partial charge on any atom is 0.451 e. The van der Waals surface area contributed by atoms with E-state index in [4.69, 9.17) is 0 Å². The number of benzene rings is 1. The second-order valence-electron chi connectivity index (χ2n) is 5.48. The second kappa shape index (κ2) is 6.14. The molecule has 1 unspecified atom stereocenters. The second-order valence-corrected chi connectivity index (χ2v) is 7.59. The van der Waals surface area contributed by atoms with Gasteiger partial charge in [0.05, 0.1) is 0 Å². The maximum absolute atomic E-state index is 12.6. The number of nitrogens with zero attached hydrogens (tertiary/aromatic N) is 3. The third kappa shape index (κ3) is 3.27. The monoisotopic (exact) mass is 357 g/mol. The number of alkyl halides is 3. The van der Waals surface area contributed by atoms with Gasteiger partial charge in [0.1, 0.15) is 5.25 Å². The fraction of sp³-hybridized carbons (Fsp3) is 0.333. The average Bonchev–Trinajstić information content (AvgIpc) is 2.83. The highest BCUT2D eigenvalue weighted by Crippen LogP contribution is 2.36. The summed E-state index contributed by atoms with van der Waals surface area (Å²) in [5.41, 5.74) is 1.03. The predicted octanol–water partition coefficient (Wildman–Crippen LogP) is 2.77. The minimum absolute atomic E-state index is 0.0379. The van der Waals surface area contributed by atoms with Crippen molar-refractivity contribution >= 4 is 10.0 Å². The fourth-order valence-corrected chi connectivity index (χ4v) is 4.63. The van der Waals surface area contributed by atoms with Crippen LogP contribution in [-0.2, 0) is 22.7 Å². The molecule has 1 aliphatic heterocycles.